The van der Waals surface area contributed by atoms with E-state index >= 15 is 0 Å². The molecule has 1 saturated carbocycles. The number of furan rings is 1. The maximum atomic E-state index is 12.7. The summed E-state index contributed by atoms with van der Waals surface area (Å²) in [6, 6.07) is 4.41. The zero-order chi connectivity index (χ0) is 15.4. The predicted octanol–water partition coefficient (Wildman–Crippen LogP) is 3.35. The van der Waals surface area contributed by atoms with E-state index in [9.17, 15) is 4.79 Å². The monoisotopic (exact) mass is 304 g/mol. The SMILES string of the molecule is Cc1ccc(CN(C(=O)CN2CCCCCCC2)C2CC2)o1. The Morgan fingerprint density at radius 2 is 1.86 bits per heavy atom. The van der Waals surface area contributed by atoms with E-state index in [0.717, 1.165) is 37.5 Å². The van der Waals surface area contributed by atoms with Gasteiger partial charge in [-0.3, -0.25) is 9.69 Å². The second-order valence-corrected chi connectivity index (χ2v) is 6.81. The van der Waals surface area contributed by atoms with Gasteiger partial charge in [-0.15, -0.1) is 0 Å². The highest BCUT2D eigenvalue weighted by Crippen LogP contribution is 2.29. The number of nitrogens with zero attached hydrogens (tertiary/aromatic N) is 2. The molecule has 4 heteroatoms. The smallest absolute Gasteiger partial charge is 0.237 e. The van der Waals surface area contributed by atoms with Crippen LogP contribution in [-0.4, -0.2) is 41.4 Å². The molecular formula is C18H28N2O2. The van der Waals surface area contributed by atoms with Crippen molar-refractivity contribution in [2.24, 2.45) is 0 Å². The second kappa shape index (κ2) is 7.32. The van der Waals surface area contributed by atoms with Gasteiger partial charge in [-0.1, -0.05) is 19.3 Å². The molecular weight excluding hydrogens is 276 g/mol. The summed E-state index contributed by atoms with van der Waals surface area (Å²) in [4.78, 5) is 17.1. The lowest BCUT2D eigenvalue weighted by molar-refractivity contribution is -0.134. The summed E-state index contributed by atoms with van der Waals surface area (Å²) in [7, 11) is 0. The maximum absolute atomic E-state index is 12.7. The second-order valence-electron chi connectivity index (χ2n) is 6.81. The molecule has 0 N–H and O–H groups in total. The minimum atomic E-state index is 0.275. The number of rotatable bonds is 5. The van der Waals surface area contributed by atoms with Crippen LogP contribution in [0.25, 0.3) is 0 Å². The van der Waals surface area contributed by atoms with Crippen molar-refractivity contribution < 1.29 is 9.21 Å². The highest BCUT2D eigenvalue weighted by molar-refractivity contribution is 5.78. The largest absolute Gasteiger partial charge is 0.464 e. The molecule has 4 nitrogen and oxygen atoms in total. The molecule has 1 aromatic heterocycles. The predicted molar refractivity (Wildman–Crippen MR) is 86.5 cm³/mol. The molecule has 0 radical (unpaired) electrons. The van der Waals surface area contributed by atoms with E-state index in [4.69, 9.17) is 4.42 Å². The molecule has 122 valence electrons. The summed E-state index contributed by atoms with van der Waals surface area (Å²) in [5.41, 5.74) is 0. The Kier molecular flexibility index (Phi) is 5.19. The fourth-order valence-corrected chi connectivity index (χ4v) is 3.30. The third kappa shape index (κ3) is 4.35. The van der Waals surface area contributed by atoms with Crippen LogP contribution in [0.1, 0.15) is 56.5 Å². The van der Waals surface area contributed by atoms with Crippen molar-refractivity contribution >= 4 is 5.91 Å². The summed E-state index contributed by atoms with van der Waals surface area (Å²) in [5, 5.41) is 0. The first-order valence-electron chi connectivity index (χ1n) is 8.79. The molecule has 1 aromatic rings. The van der Waals surface area contributed by atoms with Gasteiger partial charge in [-0.05, 0) is 57.8 Å². The van der Waals surface area contributed by atoms with Crippen LogP contribution in [0.3, 0.4) is 0 Å². The lowest BCUT2D eigenvalue weighted by Crippen LogP contribution is -2.42. The van der Waals surface area contributed by atoms with Crippen LogP contribution < -0.4 is 0 Å². The van der Waals surface area contributed by atoms with Crippen LogP contribution in [0.15, 0.2) is 16.5 Å². The van der Waals surface area contributed by atoms with E-state index in [-0.39, 0.29) is 5.91 Å². The Morgan fingerprint density at radius 3 is 2.45 bits per heavy atom. The van der Waals surface area contributed by atoms with Gasteiger partial charge in [0.05, 0.1) is 13.1 Å². The minimum Gasteiger partial charge on any atom is -0.464 e. The van der Waals surface area contributed by atoms with Crippen LogP contribution in [0, 0.1) is 6.92 Å². The van der Waals surface area contributed by atoms with Gasteiger partial charge in [-0.25, -0.2) is 0 Å². The number of hydrogen-bond acceptors (Lipinski definition) is 3. The van der Waals surface area contributed by atoms with Crippen molar-refractivity contribution in [2.45, 2.75) is 64.5 Å². The normalized spacial score (nSPS) is 20.4. The fraction of sp³-hybridized carbons (Fsp3) is 0.722. The average Bonchev–Trinajstić information content (AvgIpc) is 3.22. The molecule has 22 heavy (non-hydrogen) atoms. The summed E-state index contributed by atoms with van der Waals surface area (Å²) in [6.07, 6.45) is 8.72. The first kappa shape index (κ1) is 15.6. The van der Waals surface area contributed by atoms with Gasteiger partial charge in [0.25, 0.3) is 0 Å². The first-order valence-corrected chi connectivity index (χ1v) is 8.79. The highest BCUT2D eigenvalue weighted by Gasteiger charge is 2.33. The van der Waals surface area contributed by atoms with Gasteiger partial charge in [0.15, 0.2) is 0 Å². The van der Waals surface area contributed by atoms with Gasteiger partial charge in [0.1, 0.15) is 11.5 Å². The molecule has 1 aliphatic carbocycles. The van der Waals surface area contributed by atoms with Crippen molar-refractivity contribution in [2.75, 3.05) is 19.6 Å². The number of aryl methyl sites for hydroxylation is 1. The quantitative estimate of drug-likeness (QED) is 0.837. The highest BCUT2D eigenvalue weighted by atomic mass is 16.3. The van der Waals surface area contributed by atoms with Crippen molar-refractivity contribution in [3.8, 4) is 0 Å². The zero-order valence-corrected chi connectivity index (χ0v) is 13.7. The molecule has 3 rings (SSSR count). The topological polar surface area (TPSA) is 36.7 Å². The van der Waals surface area contributed by atoms with Crippen molar-refractivity contribution in [1.29, 1.82) is 0 Å². The van der Waals surface area contributed by atoms with Crippen LogP contribution in [0.2, 0.25) is 0 Å². The maximum Gasteiger partial charge on any atom is 0.237 e. The summed E-state index contributed by atoms with van der Waals surface area (Å²) in [6.45, 7) is 5.31. The molecule has 0 bridgehead atoms. The number of likely N-dealkylation sites (tertiary alicyclic amines) is 1. The first-order chi connectivity index (χ1) is 10.7. The van der Waals surface area contributed by atoms with Gasteiger partial charge in [0, 0.05) is 6.04 Å². The van der Waals surface area contributed by atoms with Crippen LogP contribution in [0.4, 0.5) is 0 Å². The molecule has 2 heterocycles. The Labute approximate surface area is 133 Å². The molecule has 0 atom stereocenters. The van der Waals surface area contributed by atoms with E-state index in [1.54, 1.807) is 0 Å². The molecule has 0 spiro atoms. The number of amides is 1. The molecule has 0 unspecified atom stereocenters. The van der Waals surface area contributed by atoms with Crippen molar-refractivity contribution in [3.63, 3.8) is 0 Å². The number of hydrogen-bond donors (Lipinski definition) is 0. The van der Waals surface area contributed by atoms with E-state index in [1.165, 1.54) is 32.1 Å². The molecule has 2 fully saturated rings. The Hall–Kier alpha value is -1.29. The van der Waals surface area contributed by atoms with Crippen molar-refractivity contribution in [3.05, 3.63) is 23.7 Å². The van der Waals surface area contributed by atoms with E-state index in [0.29, 0.717) is 19.1 Å². The Balaban J connectivity index is 1.57. The Bertz CT molecular complexity index is 485. The van der Waals surface area contributed by atoms with Gasteiger partial charge < -0.3 is 9.32 Å². The third-order valence-electron chi connectivity index (χ3n) is 4.74. The van der Waals surface area contributed by atoms with E-state index in [1.807, 2.05) is 24.0 Å². The van der Waals surface area contributed by atoms with Crippen LogP contribution in [-0.2, 0) is 11.3 Å². The number of carbonyl (C=O) groups excluding carboxylic acids is 1. The number of carbonyl (C=O) groups is 1. The summed E-state index contributed by atoms with van der Waals surface area (Å²) < 4.78 is 5.66. The standard InChI is InChI=1S/C18H28N2O2/c1-15-7-10-17(22-15)13-20(16-8-9-16)18(21)14-19-11-5-3-2-4-6-12-19/h7,10,16H,2-6,8-9,11-14H2,1H3. The summed E-state index contributed by atoms with van der Waals surface area (Å²) >= 11 is 0. The fourth-order valence-electron chi connectivity index (χ4n) is 3.30. The van der Waals surface area contributed by atoms with Gasteiger partial charge in [-0.2, -0.15) is 0 Å². The van der Waals surface area contributed by atoms with E-state index in [2.05, 4.69) is 4.90 Å². The average molecular weight is 304 g/mol. The minimum absolute atomic E-state index is 0.275. The molecule has 1 aliphatic heterocycles. The van der Waals surface area contributed by atoms with Crippen LogP contribution in [0.5, 0.6) is 0 Å². The molecule has 2 aliphatic rings. The van der Waals surface area contributed by atoms with Gasteiger partial charge >= 0.3 is 0 Å². The lowest BCUT2D eigenvalue weighted by atomic mass is 10.1. The lowest BCUT2D eigenvalue weighted by Gasteiger charge is -2.28. The zero-order valence-electron chi connectivity index (χ0n) is 13.7. The van der Waals surface area contributed by atoms with Crippen LogP contribution >= 0.6 is 0 Å². The third-order valence-corrected chi connectivity index (χ3v) is 4.74. The molecule has 0 aromatic carbocycles. The summed E-state index contributed by atoms with van der Waals surface area (Å²) in [5.74, 6) is 2.10. The van der Waals surface area contributed by atoms with Gasteiger partial charge in [0.2, 0.25) is 5.91 Å². The van der Waals surface area contributed by atoms with E-state index < -0.39 is 0 Å². The van der Waals surface area contributed by atoms with Crippen molar-refractivity contribution in [1.82, 2.24) is 9.80 Å². The molecule has 1 amide bonds. The Morgan fingerprint density at radius 1 is 1.18 bits per heavy atom. The molecule has 1 saturated heterocycles.